The highest BCUT2D eigenvalue weighted by Gasteiger charge is 2.11. The van der Waals surface area contributed by atoms with Crippen molar-refractivity contribution in [3.8, 4) is 0 Å². The van der Waals surface area contributed by atoms with Gasteiger partial charge in [0.05, 0.1) is 4.53 Å². The number of hydrogen-bond acceptors (Lipinski definition) is 6. The molecule has 4 rings (SSSR count). The molecule has 4 aromatic rings. The van der Waals surface area contributed by atoms with Crippen LogP contribution in [-0.2, 0) is 6.42 Å². The summed E-state index contributed by atoms with van der Waals surface area (Å²) >= 11 is 2.73. The van der Waals surface area contributed by atoms with Gasteiger partial charge in [0.2, 0.25) is 4.96 Å². The van der Waals surface area contributed by atoms with Crippen LogP contribution in [0.5, 0.6) is 0 Å². The topological polar surface area (TPSA) is 64.3 Å². The summed E-state index contributed by atoms with van der Waals surface area (Å²) in [6.45, 7) is 2.01. The predicted octanol–water partition coefficient (Wildman–Crippen LogP) is 2.02. The first kappa shape index (κ1) is 15.9. The van der Waals surface area contributed by atoms with Gasteiger partial charge in [0.1, 0.15) is 5.69 Å². The van der Waals surface area contributed by atoms with E-state index < -0.39 is 0 Å². The van der Waals surface area contributed by atoms with Crippen LogP contribution in [0.15, 0.2) is 51.4 Å². The van der Waals surface area contributed by atoms with Crippen LogP contribution in [0, 0.1) is 6.92 Å². The zero-order chi connectivity index (χ0) is 17.4. The van der Waals surface area contributed by atoms with Gasteiger partial charge in [-0.25, -0.2) is 0 Å². The van der Waals surface area contributed by atoms with E-state index >= 15 is 0 Å². The molecule has 0 aliphatic carbocycles. The molecule has 0 atom stereocenters. The molecule has 124 valence electrons. The molecule has 0 saturated heterocycles. The first-order chi connectivity index (χ1) is 12.1. The minimum atomic E-state index is -0.385. The normalized spacial score (nSPS) is 12.1. The standard InChI is InChI=1S/C18H13N3O2S2/c1-11-4-6-12(7-5-11)9-14-16(22)19-18-21(20-14)17(23)15(25-18)10-13-3-2-8-24-13/h2-8,10H,9H2,1H3/b15-10-. The van der Waals surface area contributed by atoms with Gasteiger partial charge in [-0.2, -0.15) is 14.6 Å². The minimum Gasteiger partial charge on any atom is -0.266 e. The van der Waals surface area contributed by atoms with Crippen LogP contribution in [0.2, 0.25) is 0 Å². The molecular weight excluding hydrogens is 354 g/mol. The van der Waals surface area contributed by atoms with Crippen molar-refractivity contribution in [2.75, 3.05) is 0 Å². The number of thiophene rings is 1. The number of hydrogen-bond donors (Lipinski definition) is 0. The predicted molar refractivity (Wildman–Crippen MR) is 100 cm³/mol. The SMILES string of the molecule is Cc1ccc(Cc2nn3c(=O)/c(=C/c4cccs4)sc3nc2=O)cc1. The van der Waals surface area contributed by atoms with Crippen molar-refractivity contribution in [1.29, 1.82) is 0 Å². The summed E-state index contributed by atoms with van der Waals surface area (Å²) in [5.74, 6) is 0. The van der Waals surface area contributed by atoms with Crippen LogP contribution in [0.4, 0.5) is 0 Å². The monoisotopic (exact) mass is 367 g/mol. The second-order valence-corrected chi connectivity index (χ2v) is 7.64. The Labute approximate surface area is 150 Å². The summed E-state index contributed by atoms with van der Waals surface area (Å²) in [7, 11) is 0. The van der Waals surface area contributed by atoms with Gasteiger partial charge in [-0.1, -0.05) is 47.2 Å². The first-order valence-electron chi connectivity index (χ1n) is 7.64. The molecule has 3 heterocycles. The summed E-state index contributed by atoms with van der Waals surface area (Å²) in [6, 6.07) is 11.7. The number of nitrogens with zero attached hydrogens (tertiary/aromatic N) is 3. The smallest absolute Gasteiger partial charge is 0.266 e. The maximum absolute atomic E-state index is 12.6. The summed E-state index contributed by atoms with van der Waals surface area (Å²) < 4.78 is 1.75. The quantitative estimate of drug-likeness (QED) is 0.556. The molecule has 0 fully saturated rings. The Morgan fingerprint density at radius 3 is 2.68 bits per heavy atom. The van der Waals surface area contributed by atoms with Crippen molar-refractivity contribution >= 4 is 33.7 Å². The highest BCUT2D eigenvalue weighted by atomic mass is 32.1. The van der Waals surface area contributed by atoms with E-state index in [4.69, 9.17) is 0 Å². The minimum absolute atomic E-state index is 0.244. The second-order valence-electron chi connectivity index (χ2n) is 5.65. The fourth-order valence-electron chi connectivity index (χ4n) is 2.45. The van der Waals surface area contributed by atoms with E-state index in [1.54, 1.807) is 17.4 Å². The Balaban J connectivity index is 1.81. The van der Waals surface area contributed by atoms with E-state index in [0.717, 1.165) is 16.0 Å². The van der Waals surface area contributed by atoms with Crippen molar-refractivity contribution in [3.05, 3.63) is 88.7 Å². The summed E-state index contributed by atoms with van der Waals surface area (Å²) in [6.07, 6.45) is 2.16. The second kappa shape index (κ2) is 6.34. The lowest BCUT2D eigenvalue weighted by Gasteiger charge is -2.01. The molecule has 3 aromatic heterocycles. The van der Waals surface area contributed by atoms with Crippen LogP contribution in [0.25, 0.3) is 11.0 Å². The maximum Gasteiger partial charge on any atom is 0.296 e. The molecule has 0 aliphatic heterocycles. The molecule has 25 heavy (non-hydrogen) atoms. The number of rotatable bonds is 3. The molecule has 1 aromatic carbocycles. The van der Waals surface area contributed by atoms with Crippen molar-refractivity contribution < 1.29 is 0 Å². The molecular formula is C18H13N3O2S2. The van der Waals surface area contributed by atoms with Crippen molar-refractivity contribution in [2.45, 2.75) is 13.3 Å². The number of aryl methyl sites for hydroxylation is 1. The Bertz CT molecular complexity index is 1210. The zero-order valence-electron chi connectivity index (χ0n) is 13.3. The van der Waals surface area contributed by atoms with Gasteiger partial charge in [-0.3, -0.25) is 9.59 Å². The van der Waals surface area contributed by atoms with Gasteiger partial charge >= 0.3 is 0 Å². The molecule has 0 bridgehead atoms. The van der Waals surface area contributed by atoms with Crippen LogP contribution < -0.4 is 15.7 Å². The van der Waals surface area contributed by atoms with E-state index in [9.17, 15) is 9.59 Å². The van der Waals surface area contributed by atoms with Gasteiger partial charge in [-0.05, 0) is 30.0 Å². The van der Waals surface area contributed by atoms with Crippen molar-refractivity contribution in [2.24, 2.45) is 0 Å². The lowest BCUT2D eigenvalue weighted by atomic mass is 10.1. The Morgan fingerprint density at radius 1 is 1.16 bits per heavy atom. The summed E-state index contributed by atoms with van der Waals surface area (Å²) in [4.78, 5) is 30.2. The van der Waals surface area contributed by atoms with Crippen LogP contribution >= 0.6 is 22.7 Å². The van der Waals surface area contributed by atoms with Crippen molar-refractivity contribution in [1.82, 2.24) is 14.6 Å². The molecule has 0 unspecified atom stereocenters. The molecule has 0 amide bonds. The average molecular weight is 367 g/mol. The van der Waals surface area contributed by atoms with Crippen LogP contribution in [-0.4, -0.2) is 14.6 Å². The van der Waals surface area contributed by atoms with Crippen molar-refractivity contribution in [3.63, 3.8) is 0 Å². The Kier molecular flexibility index (Phi) is 4.03. The van der Waals surface area contributed by atoms with Crippen LogP contribution in [0.3, 0.4) is 0 Å². The summed E-state index contributed by atoms with van der Waals surface area (Å²) in [5.41, 5.74) is 1.76. The van der Waals surface area contributed by atoms with E-state index in [1.165, 1.54) is 15.9 Å². The van der Waals surface area contributed by atoms with Crippen LogP contribution in [0.1, 0.15) is 21.7 Å². The highest BCUT2D eigenvalue weighted by Crippen LogP contribution is 2.10. The maximum atomic E-state index is 12.6. The lowest BCUT2D eigenvalue weighted by molar-refractivity contribution is 0.811. The van der Waals surface area contributed by atoms with E-state index in [0.29, 0.717) is 15.9 Å². The van der Waals surface area contributed by atoms with E-state index in [-0.39, 0.29) is 16.8 Å². The average Bonchev–Trinajstić information content (AvgIpc) is 3.20. The summed E-state index contributed by atoms with van der Waals surface area (Å²) in [5, 5.41) is 6.21. The third kappa shape index (κ3) is 3.16. The van der Waals surface area contributed by atoms with Gasteiger partial charge in [0, 0.05) is 11.3 Å². The number of benzene rings is 1. The Hall–Kier alpha value is -2.64. The molecule has 0 radical (unpaired) electrons. The van der Waals surface area contributed by atoms with Gasteiger partial charge in [0.15, 0.2) is 0 Å². The first-order valence-corrected chi connectivity index (χ1v) is 9.33. The number of thiazole rings is 1. The molecule has 0 N–H and O–H groups in total. The molecule has 0 saturated carbocycles. The number of fused-ring (bicyclic) bond motifs is 1. The van der Waals surface area contributed by atoms with Gasteiger partial charge in [-0.15, -0.1) is 11.3 Å². The van der Waals surface area contributed by atoms with Gasteiger partial charge < -0.3 is 0 Å². The third-order valence-electron chi connectivity index (χ3n) is 3.76. The zero-order valence-corrected chi connectivity index (χ0v) is 14.9. The molecule has 5 nitrogen and oxygen atoms in total. The van der Waals surface area contributed by atoms with E-state index in [2.05, 4.69) is 10.1 Å². The Morgan fingerprint density at radius 2 is 1.96 bits per heavy atom. The lowest BCUT2D eigenvalue weighted by Crippen LogP contribution is -2.27. The van der Waals surface area contributed by atoms with E-state index in [1.807, 2.05) is 48.7 Å². The number of aromatic nitrogens is 3. The fourth-order valence-corrected chi connectivity index (χ4v) is 4.08. The molecule has 0 aliphatic rings. The third-order valence-corrected chi connectivity index (χ3v) is 5.54. The molecule has 7 heteroatoms. The highest BCUT2D eigenvalue weighted by molar-refractivity contribution is 7.15. The van der Waals surface area contributed by atoms with Gasteiger partial charge in [0.25, 0.3) is 11.1 Å². The molecule has 0 spiro atoms. The fraction of sp³-hybridized carbons (Fsp3) is 0.111. The largest absolute Gasteiger partial charge is 0.296 e.